The second-order valence-electron chi connectivity index (χ2n) is 7.12. The highest BCUT2D eigenvalue weighted by molar-refractivity contribution is 7.99. The molecule has 0 saturated heterocycles. The molecule has 1 N–H and O–H groups in total. The molecule has 0 spiro atoms. The Kier molecular flexibility index (Phi) is 6.52. The summed E-state index contributed by atoms with van der Waals surface area (Å²) in [5.41, 5.74) is 1.79. The first-order valence-corrected chi connectivity index (χ1v) is 11.9. The second kappa shape index (κ2) is 9.28. The van der Waals surface area contributed by atoms with Crippen LogP contribution >= 0.6 is 34.7 Å². The molecule has 4 rings (SSSR count). The number of aromatic nitrogens is 4. The first-order valence-electron chi connectivity index (χ1n) is 9.63. The fourth-order valence-corrected chi connectivity index (χ4v) is 5.12. The summed E-state index contributed by atoms with van der Waals surface area (Å²) in [7, 11) is 1.99. The predicted octanol–water partition coefficient (Wildman–Crippen LogP) is 5.37. The summed E-state index contributed by atoms with van der Waals surface area (Å²) in [5.74, 6) is 1.70. The minimum Gasteiger partial charge on any atom is -0.309 e. The largest absolute Gasteiger partial charge is 0.309 e. The van der Waals surface area contributed by atoms with Crippen LogP contribution in [0.3, 0.4) is 0 Å². The molecule has 0 radical (unpaired) electrons. The van der Waals surface area contributed by atoms with E-state index in [-0.39, 0.29) is 11.7 Å². The lowest BCUT2D eigenvalue weighted by Crippen LogP contribution is -2.14. The Morgan fingerprint density at radius 1 is 1.24 bits per heavy atom. The number of halogens is 1. The molecule has 29 heavy (non-hydrogen) atoms. The minimum absolute atomic E-state index is 0.103. The maximum Gasteiger partial charge on any atom is 0.236 e. The van der Waals surface area contributed by atoms with E-state index in [0.29, 0.717) is 16.1 Å². The standard InChI is InChI=1S/C20H22ClN5OS2/c1-26-18(14-5-3-2-4-6-14)24-25-20(26)29-12-17(27)23-19-22-16(11-28-19)13-7-9-15(21)10-8-13/h7-11,14H,2-6,12H2,1H3,(H,22,23,27). The Hall–Kier alpha value is -1.90. The molecule has 3 aromatic rings. The van der Waals surface area contributed by atoms with Crippen LogP contribution in [0.1, 0.15) is 43.8 Å². The molecule has 1 aliphatic rings. The van der Waals surface area contributed by atoms with Gasteiger partial charge in [-0.05, 0) is 25.0 Å². The van der Waals surface area contributed by atoms with Crippen LogP contribution in [0, 0.1) is 0 Å². The van der Waals surface area contributed by atoms with E-state index in [2.05, 4.69) is 20.5 Å². The fourth-order valence-electron chi connectivity index (χ4n) is 3.54. The summed E-state index contributed by atoms with van der Waals surface area (Å²) in [5, 5.41) is 15.5. The minimum atomic E-state index is -0.103. The molecule has 6 nitrogen and oxygen atoms in total. The smallest absolute Gasteiger partial charge is 0.236 e. The molecule has 2 heterocycles. The van der Waals surface area contributed by atoms with Gasteiger partial charge < -0.3 is 9.88 Å². The van der Waals surface area contributed by atoms with Gasteiger partial charge >= 0.3 is 0 Å². The first-order chi connectivity index (χ1) is 14.1. The summed E-state index contributed by atoms with van der Waals surface area (Å²) in [4.78, 5) is 16.8. The topological polar surface area (TPSA) is 72.7 Å². The van der Waals surface area contributed by atoms with E-state index in [9.17, 15) is 4.79 Å². The van der Waals surface area contributed by atoms with Gasteiger partial charge in [0.2, 0.25) is 5.91 Å². The maximum absolute atomic E-state index is 12.4. The number of hydrogen-bond donors (Lipinski definition) is 1. The number of carbonyl (C=O) groups is 1. The van der Waals surface area contributed by atoms with Crippen LogP contribution < -0.4 is 5.32 Å². The molecule has 0 aliphatic heterocycles. The van der Waals surface area contributed by atoms with E-state index < -0.39 is 0 Å². The number of nitrogens with zero attached hydrogens (tertiary/aromatic N) is 4. The van der Waals surface area contributed by atoms with Crippen LogP contribution in [0.25, 0.3) is 11.3 Å². The Bertz CT molecular complexity index is 979. The molecule has 1 aromatic carbocycles. The molecule has 152 valence electrons. The van der Waals surface area contributed by atoms with Crippen molar-refractivity contribution in [3.05, 3.63) is 40.5 Å². The van der Waals surface area contributed by atoms with E-state index in [1.807, 2.05) is 41.3 Å². The van der Waals surface area contributed by atoms with Crippen molar-refractivity contribution < 1.29 is 4.79 Å². The van der Waals surface area contributed by atoms with Crippen LogP contribution in [0.4, 0.5) is 5.13 Å². The highest BCUT2D eigenvalue weighted by Gasteiger charge is 2.22. The number of rotatable bonds is 6. The number of thioether (sulfide) groups is 1. The van der Waals surface area contributed by atoms with Crippen molar-refractivity contribution in [1.82, 2.24) is 19.7 Å². The number of carbonyl (C=O) groups excluding carboxylic acids is 1. The van der Waals surface area contributed by atoms with Gasteiger partial charge in [-0.2, -0.15) is 0 Å². The second-order valence-corrected chi connectivity index (χ2v) is 9.35. The zero-order chi connectivity index (χ0) is 20.2. The summed E-state index contributed by atoms with van der Waals surface area (Å²) < 4.78 is 2.04. The van der Waals surface area contributed by atoms with E-state index in [1.165, 1.54) is 55.2 Å². The Balaban J connectivity index is 1.33. The van der Waals surface area contributed by atoms with E-state index in [4.69, 9.17) is 11.6 Å². The average Bonchev–Trinajstić information content (AvgIpc) is 3.34. The predicted molar refractivity (Wildman–Crippen MR) is 119 cm³/mol. The molecule has 2 aromatic heterocycles. The molecule has 1 amide bonds. The molecule has 0 bridgehead atoms. The quantitative estimate of drug-likeness (QED) is 0.514. The van der Waals surface area contributed by atoms with Gasteiger partial charge in [-0.15, -0.1) is 21.5 Å². The number of thiazole rings is 1. The van der Waals surface area contributed by atoms with Gasteiger partial charge in [0, 0.05) is 28.9 Å². The van der Waals surface area contributed by atoms with Crippen molar-refractivity contribution in [2.75, 3.05) is 11.1 Å². The molecule has 1 saturated carbocycles. The van der Waals surface area contributed by atoms with E-state index in [1.54, 1.807) is 0 Å². The SMILES string of the molecule is Cn1c(SCC(=O)Nc2nc(-c3ccc(Cl)cc3)cs2)nnc1C1CCCCC1. The highest BCUT2D eigenvalue weighted by atomic mass is 35.5. The number of amides is 1. The lowest BCUT2D eigenvalue weighted by atomic mass is 9.89. The number of nitrogens with one attached hydrogen (secondary N) is 1. The molecular weight excluding hydrogens is 426 g/mol. The molecule has 1 aliphatic carbocycles. The molecular formula is C20H22ClN5OS2. The van der Waals surface area contributed by atoms with Crippen molar-refractivity contribution in [1.29, 1.82) is 0 Å². The van der Waals surface area contributed by atoms with E-state index in [0.717, 1.165) is 22.2 Å². The first kappa shape index (κ1) is 20.4. The van der Waals surface area contributed by atoms with Crippen LogP contribution in [0.15, 0.2) is 34.8 Å². The van der Waals surface area contributed by atoms with Crippen molar-refractivity contribution in [3.63, 3.8) is 0 Å². The summed E-state index contributed by atoms with van der Waals surface area (Å²) in [6, 6.07) is 7.48. The molecule has 1 fully saturated rings. The van der Waals surface area contributed by atoms with Crippen molar-refractivity contribution in [2.45, 2.75) is 43.2 Å². The fraction of sp³-hybridized carbons (Fsp3) is 0.400. The lowest BCUT2D eigenvalue weighted by molar-refractivity contribution is -0.113. The Morgan fingerprint density at radius 3 is 2.76 bits per heavy atom. The van der Waals surface area contributed by atoms with Gasteiger partial charge in [-0.25, -0.2) is 4.98 Å². The maximum atomic E-state index is 12.4. The zero-order valence-electron chi connectivity index (χ0n) is 16.1. The molecule has 0 unspecified atom stereocenters. The van der Waals surface area contributed by atoms with Gasteiger partial charge in [0.1, 0.15) is 5.82 Å². The van der Waals surface area contributed by atoms with Crippen LogP contribution in [-0.2, 0) is 11.8 Å². The van der Waals surface area contributed by atoms with Gasteiger partial charge in [0.15, 0.2) is 10.3 Å². The third-order valence-corrected chi connectivity index (χ3v) is 7.09. The molecule has 0 atom stereocenters. The van der Waals surface area contributed by atoms with Crippen LogP contribution in [-0.4, -0.2) is 31.4 Å². The van der Waals surface area contributed by atoms with Crippen molar-refractivity contribution >= 4 is 45.7 Å². The Labute approximate surface area is 183 Å². The van der Waals surface area contributed by atoms with Crippen LogP contribution in [0.5, 0.6) is 0 Å². The number of anilines is 1. The Morgan fingerprint density at radius 2 is 2.00 bits per heavy atom. The third-order valence-electron chi connectivity index (χ3n) is 5.06. The normalized spacial score (nSPS) is 14.8. The number of benzene rings is 1. The zero-order valence-corrected chi connectivity index (χ0v) is 18.5. The monoisotopic (exact) mass is 447 g/mol. The average molecular weight is 448 g/mol. The van der Waals surface area contributed by atoms with Crippen molar-refractivity contribution in [3.8, 4) is 11.3 Å². The highest BCUT2D eigenvalue weighted by Crippen LogP contribution is 2.32. The van der Waals surface area contributed by atoms with E-state index >= 15 is 0 Å². The summed E-state index contributed by atoms with van der Waals surface area (Å²) >= 11 is 8.74. The third kappa shape index (κ3) is 4.99. The lowest BCUT2D eigenvalue weighted by Gasteiger charge is -2.20. The summed E-state index contributed by atoms with van der Waals surface area (Å²) in [6.07, 6.45) is 6.18. The van der Waals surface area contributed by atoms with Crippen molar-refractivity contribution in [2.24, 2.45) is 7.05 Å². The van der Waals surface area contributed by atoms with Gasteiger partial charge in [-0.1, -0.05) is 54.8 Å². The van der Waals surface area contributed by atoms with Crippen LogP contribution in [0.2, 0.25) is 5.02 Å². The van der Waals surface area contributed by atoms with Gasteiger partial charge in [-0.3, -0.25) is 4.79 Å². The number of hydrogen-bond acceptors (Lipinski definition) is 6. The van der Waals surface area contributed by atoms with Gasteiger partial charge in [0.25, 0.3) is 0 Å². The molecule has 9 heteroatoms. The van der Waals surface area contributed by atoms with Gasteiger partial charge in [0.05, 0.1) is 11.4 Å². The summed E-state index contributed by atoms with van der Waals surface area (Å²) in [6.45, 7) is 0.